The first-order valence-electron chi connectivity index (χ1n) is 0.789. The molecule has 0 saturated heterocycles. The first-order valence-corrected chi connectivity index (χ1v) is 0.789. The Bertz CT molecular complexity index is 6.00. The Labute approximate surface area is 37.9 Å². The fourth-order valence-electron chi connectivity index (χ4n) is 0. The molecule has 0 aromatic rings. The fourth-order valence-corrected chi connectivity index (χ4v) is 0. The smallest absolute Gasteiger partial charge is 0 e. The molecule has 4 heavy (non-hydrogen) atoms. The molecule has 0 amide bonds. The van der Waals surface area contributed by atoms with Crippen molar-refractivity contribution in [3.8, 4) is 0 Å². The van der Waals surface area contributed by atoms with Crippen LogP contribution < -0.4 is 11.3 Å². The van der Waals surface area contributed by atoms with Crippen LogP contribution in [0.4, 0.5) is 0 Å². The minimum absolute atomic E-state index is 0. The van der Waals surface area contributed by atoms with Crippen LogP contribution in [0.5, 0.6) is 0 Å². The molecule has 0 aliphatic carbocycles. The van der Waals surface area contributed by atoms with Crippen molar-refractivity contribution in [2.24, 2.45) is 5.84 Å². The maximum absolute atomic E-state index is 4.60. The minimum atomic E-state index is 0. The molecule has 1 radical (unpaired) electrons. The number of rotatable bonds is 0. The van der Waals surface area contributed by atoms with Crippen LogP contribution in [-0.4, -0.2) is 25.9 Å². The van der Waals surface area contributed by atoms with Gasteiger partial charge in [-0.2, -0.15) is 0 Å². The van der Waals surface area contributed by atoms with Gasteiger partial charge in [-0.15, -0.1) is 0 Å². The van der Waals surface area contributed by atoms with Gasteiger partial charge < -0.3 is 0 Å². The maximum atomic E-state index is 4.60. The van der Waals surface area contributed by atoms with Crippen LogP contribution >= 0.6 is 0 Å². The van der Waals surface area contributed by atoms with E-state index in [0.717, 1.165) is 0 Å². The third kappa shape index (κ3) is 21.7. The number of hydrogen-bond donors (Lipinski definition) is 2. The van der Waals surface area contributed by atoms with E-state index in [-0.39, 0.29) is 18.9 Å². The van der Waals surface area contributed by atoms with E-state index in [1.54, 1.807) is 7.05 Å². The Morgan fingerprint density at radius 3 is 1.75 bits per heavy atom. The third-order valence-corrected chi connectivity index (χ3v) is 0. The van der Waals surface area contributed by atoms with Crippen LogP contribution in [0.15, 0.2) is 0 Å². The number of nitrogens with one attached hydrogen (secondary N) is 1. The Kier molecular flexibility index (Phi) is 21.3. The van der Waals surface area contributed by atoms with Crippen LogP contribution in [-0.2, 0) is 0 Å². The molecule has 0 aromatic carbocycles. The molecule has 0 rings (SSSR count). The van der Waals surface area contributed by atoms with Crippen molar-refractivity contribution in [2.45, 2.75) is 0 Å². The third-order valence-electron chi connectivity index (χ3n) is 0. The van der Waals surface area contributed by atoms with Gasteiger partial charge in [0.1, 0.15) is 0 Å². The standard InChI is InChI=1S/CH6N2.Li/c1-3-2;/h3H,2H2,1H3;. The summed E-state index contributed by atoms with van der Waals surface area (Å²) in [4.78, 5) is 0. The summed E-state index contributed by atoms with van der Waals surface area (Å²) in [5.41, 5.74) is 2.25. The zero-order chi connectivity index (χ0) is 2.71. The predicted octanol–water partition coefficient (Wildman–Crippen LogP) is -1.30. The SMILES string of the molecule is CNN.[Li]. The topological polar surface area (TPSA) is 38.0 Å². The largest absolute Gasteiger partial charge is 0.272 e. The molecule has 0 saturated carbocycles. The van der Waals surface area contributed by atoms with E-state index in [4.69, 9.17) is 0 Å². The average molecular weight is 53.0 g/mol. The van der Waals surface area contributed by atoms with Crippen molar-refractivity contribution in [3.05, 3.63) is 0 Å². The molecule has 21 valence electrons. The fraction of sp³-hybridized carbons (Fsp3) is 1.00. The van der Waals surface area contributed by atoms with Crippen LogP contribution in [0, 0.1) is 0 Å². The van der Waals surface area contributed by atoms with E-state index < -0.39 is 0 Å². The summed E-state index contributed by atoms with van der Waals surface area (Å²) in [6.45, 7) is 0. The molecular weight excluding hydrogens is 47.0 g/mol. The van der Waals surface area contributed by atoms with Gasteiger partial charge in [0.15, 0.2) is 0 Å². The zero-order valence-electron chi connectivity index (χ0n) is 3.08. The summed E-state index contributed by atoms with van der Waals surface area (Å²) in [7, 11) is 1.65. The first kappa shape index (κ1) is 8.82. The van der Waals surface area contributed by atoms with Gasteiger partial charge in [0.2, 0.25) is 0 Å². The average Bonchev–Trinajstić information content (AvgIpc) is 0.918. The Hall–Kier alpha value is 0.517. The van der Waals surface area contributed by atoms with Gasteiger partial charge >= 0.3 is 0 Å². The molecule has 3 N–H and O–H groups in total. The van der Waals surface area contributed by atoms with Crippen molar-refractivity contribution in [1.29, 1.82) is 0 Å². The van der Waals surface area contributed by atoms with Crippen molar-refractivity contribution in [2.75, 3.05) is 7.05 Å². The molecule has 0 bridgehead atoms. The Balaban J connectivity index is 0. The summed E-state index contributed by atoms with van der Waals surface area (Å²) in [5, 5.41) is 0. The summed E-state index contributed by atoms with van der Waals surface area (Å²) < 4.78 is 0. The molecule has 0 spiro atoms. The molecule has 0 aromatic heterocycles. The van der Waals surface area contributed by atoms with Crippen LogP contribution in [0.2, 0.25) is 0 Å². The van der Waals surface area contributed by atoms with Crippen LogP contribution in [0.1, 0.15) is 0 Å². The number of hydrazine groups is 1. The van der Waals surface area contributed by atoms with Gasteiger partial charge in [0.25, 0.3) is 0 Å². The molecule has 0 aliphatic rings. The molecule has 0 atom stereocenters. The van der Waals surface area contributed by atoms with Gasteiger partial charge in [-0.3, -0.25) is 11.3 Å². The van der Waals surface area contributed by atoms with Gasteiger partial charge in [0.05, 0.1) is 0 Å². The summed E-state index contributed by atoms with van der Waals surface area (Å²) >= 11 is 0. The summed E-state index contributed by atoms with van der Waals surface area (Å²) in [6, 6.07) is 0. The monoisotopic (exact) mass is 53.1 g/mol. The van der Waals surface area contributed by atoms with Crippen molar-refractivity contribution < 1.29 is 0 Å². The molecule has 0 unspecified atom stereocenters. The number of hydrogen-bond acceptors (Lipinski definition) is 2. The van der Waals surface area contributed by atoms with E-state index in [1.807, 2.05) is 0 Å². The second-order valence-corrected chi connectivity index (χ2v) is 0.289. The van der Waals surface area contributed by atoms with Crippen molar-refractivity contribution in [1.82, 2.24) is 5.43 Å². The second kappa shape index (κ2) is 9.68. The molecule has 3 heteroatoms. The summed E-state index contributed by atoms with van der Waals surface area (Å²) in [5.74, 6) is 4.60. The Morgan fingerprint density at radius 1 is 1.75 bits per heavy atom. The van der Waals surface area contributed by atoms with Gasteiger partial charge in [-0.25, -0.2) is 0 Å². The van der Waals surface area contributed by atoms with Gasteiger partial charge in [-0.05, 0) is 7.05 Å². The quantitative estimate of drug-likeness (QED) is 0.204. The molecule has 0 fully saturated rings. The molecular formula is CH6LiN2. The molecule has 0 aliphatic heterocycles. The van der Waals surface area contributed by atoms with Crippen LogP contribution in [0.3, 0.4) is 0 Å². The van der Waals surface area contributed by atoms with Crippen LogP contribution in [0.25, 0.3) is 0 Å². The normalized spacial score (nSPS) is 4.50. The second-order valence-electron chi connectivity index (χ2n) is 0.289. The minimum Gasteiger partial charge on any atom is -0.272 e. The Morgan fingerprint density at radius 2 is 1.75 bits per heavy atom. The van der Waals surface area contributed by atoms with E-state index in [1.165, 1.54) is 0 Å². The summed E-state index contributed by atoms with van der Waals surface area (Å²) in [6.07, 6.45) is 0. The zero-order valence-corrected chi connectivity index (χ0v) is 3.08. The molecule has 0 heterocycles. The van der Waals surface area contributed by atoms with E-state index in [2.05, 4.69) is 11.3 Å². The number of nitrogens with two attached hydrogens (primary N) is 1. The van der Waals surface area contributed by atoms with Crippen molar-refractivity contribution in [3.63, 3.8) is 0 Å². The van der Waals surface area contributed by atoms with Gasteiger partial charge in [0, 0.05) is 18.9 Å². The van der Waals surface area contributed by atoms with E-state index in [9.17, 15) is 0 Å². The van der Waals surface area contributed by atoms with E-state index >= 15 is 0 Å². The molecule has 2 nitrogen and oxygen atoms in total. The predicted molar refractivity (Wildman–Crippen MR) is 19.0 cm³/mol. The van der Waals surface area contributed by atoms with E-state index in [0.29, 0.717) is 0 Å². The van der Waals surface area contributed by atoms with Gasteiger partial charge in [-0.1, -0.05) is 0 Å². The maximum Gasteiger partial charge on any atom is 0 e. The van der Waals surface area contributed by atoms with Crippen molar-refractivity contribution >= 4 is 18.9 Å². The first-order chi connectivity index (χ1) is 1.41.